The first-order valence-corrected chi connectivity index (χ1v) is 10.6. The van der Waals surface area contributed by atoms with Crippen molar-refractivity contribution in [1.82, 2.24) is 4.90 Å². The van der Waals surface area contributed by atoms with Crippen LogP contribution in [0.4, 0.5) is 0 Å². The summed E-state index contributed by atoms with van der Waals surface area (Å²) in [5, 5.41) is 9.20. The van der Waals surface area contributed by atoms with Gasteiger partial charge in [-0.1, -0.05) is 54.6 Å². The number of aliphatic hydroxyl groups is 1. The molecule has 0 fully saturated rings. The van der Waals surface area contributed by atoms with Crippen molar-refractivity contribution < 1.29 is 28.8 Å². The molecule has 2 unspecified atom stereocenters. The maximum atomic E-state index is 13.1. The molecule has 0 saturated carbocycles. The van der Waals surface area contributed by atoms with Crippen LogP contribution in [0.25, 0.3) is 0 Å². The quantitative estimate of drug-likeness (QED) is 0.571. The molecule has 2 atom stereocenters. The molecule has 0 saturated heterocycles. The third-order valence-corrected chi connectivity index (χ3v) is 5.43. The van der Waals surface area contributed by atoms with Crippen molar-refractivity contribution in [2.75, 3.05) is 27.8 Å². The first kappa shape index (κ1) is 23.9. The molecule has 1 N–H and O–H groups in total. The molecule has 1 heterocycles. The van der Waals surface area contributed by atoms with Gasteiger partial charge in [0.25, 0.3) is 5.91 Å². The average Bonchev–Trinajstić information content (AvgIpc) is 2.86. The van der Waals surface area contributed by atoms with Gasteiger partial charge >= 0.3 is 0 Å². The van der Waals surface area contributed by atoms with Gasteiger partial charge in [-0.15, -0.1) is 0 Å². The summed E-state index contributed by atoms with van der Waals surface area (Å²) in [4.78, 5) is 14.6. The molecule has 0 spiro atoms. The second-order valence-corrected chi connectivity index (χ2v) is 7.70. The predicted molar refractivity (Wildman–Crippen MR) is 119 cm³/mol. The Bertz CT molecular complexity index is 879. The van der Waals surface area contributed by atoms with Crippen molar-refractivity contribution in [3.63, 3.8) is 0 Å². The number of nitrogens with zero attached hydrogens (tertiary/aromatic N) is 1. The maximum Gasteiger partial charge on any atom is 0.288 e. The first-order valence-electron chi connectivity index (χ1n) is 10.6. The highest BCUT2D eigenvalue weighted by Gasteiger charge is 2.30. The molecular weight excluding hydrogens is 410 g/mol. The fourth-order valence-corrected chi connectivity index (χ4v) is 3.51. The molecular formula is C25H31NO6. The number of carbonyl (C=O) groups is 1. The van der Waals surface area contributed by atoms with Crippen LogP contribution in [-0.2, 0) is 37.0 Å². The third-order valence-electron chi connectivity index (χ3n) is 5.43. The molecule has 0 aliphatic carbocycles. The maximum absolute atomic E-state index is 13.1. The molecule has 0 bridgehead atoms. The highest BCUT2D eigenvalue weighted by Crippen LogP contribution is 2.32. The van der Waals surface area contributed by atoms with Gasteiger partial charge in [0.15, 0.2) is 12.0 Å². The van der Waals surface area contributed by atoms with Crippen molar-refractivity contribution in [3.8, 4) is 0 Å². The summed E-state index contributed by atoms with van der Waals surface area (Å²) < 4.78 is 22.4. The molecule has 7 nitrogen and oxygen atoms in total. The minimum absolute atomic E-state index is 0.00239. The Labute approximate surface area is 189 Å². The number of hydrogen-bond acceptors (Lipinski definition) is 6. The van der Waals surface area contributed by atoms with E-state index in [1.165, 1.54) is 19.1 Å². The summed E-state index contributed by atoms with van der Waals surface area (Å²) in [6, 6.07) is 17.5. The van der Waals surface area contributed by atoms with Crippen LogP contribution in [0.5, 0.6) is 0 Å². The van der Waals surface area contributed by atoms with Crippen LogP contribution < -0.4 is 0 Å². The zero-order valence-electron chi connectivity index (χ0n) is 18.8. The van der Waals surface area contributed by atoms with E-state index in [-0.39, 0.29) is 30.7 Å². The minimum Gasteiger partial charge on any atom is -0.459 e. The van der Waals surface area contributed by atoms with E-state index < -0.39 is 12.6 Å². The van der Waals surface area contributed by atoms with Crippen LogP contribution in [0.1, 0.15) is 29.0 Å². The molecule has 7 heteroatoms. The van der Waals surface area contributed by atoms with Gasteiger partial charge < -0.3 is 29.0 Å². The Balaban J connectivity index is 1.73. The molecule has 32 heavy (non-hydrogen) atoms. The van der Waals surface area contributed by atoms with Gasteiger partial charge in [-0.2, -0.15) is 0 Å². The van der Waals surface area contributed by atoms with Gasteiger partial charge in [0.2, 0.25) is 6.29 Å². The smallest absolute Gasteiger partial charge is 0.288 e. The lowest BCUT2D eigenvalue weighted by atomic mass is 9.93. The van der Waals surface area contributed by atoms with E-state index in [1.807, 2.05) is 60.7 Å². The largest absolute Gasteiger partial charge is 0.459 e. The topological polar surface area (TPSA) is 77.5 Å². The van der Waals surface area contributed by atoms with E-state index in [0.717, 1.165) is 16.7 Å². The molecule has 1 aliphatic heterocycles. The van der Waals surface area contributed by atoms with Crippen molar-refractivity contribution in [3.05, 3.63) is 83.1 Å². The lowest BCUT2D eigenvalue weighted by Gasteiger charge is -2.31. The van der Waals surface area contributed by atoms with Crippen LogP contribution in [0.3, 0.4) is 0 Å². The number of ether oxygens (including phenoxy) is 4. The Morgan fingerprint density at radius 2 is 1.75 bits per heavy atom. The van der Waals surface area contributed by atoms with Crippen LogP contribution in [0, 0.1) is 0 Å². The first-order chi connectivity index (χ1) is 15.5. The summed E-state index contributed by atoms with van der Waals surface area (Å²) in [5.41, 5.74) is 2.90. The van der Waals surface area contributed by atoms with Crippen LogP contribution in [0.15, 0.2) is 66.4 Å². The summed E-state index contributed by atoms with van der Waals surface area (Å²) in [6.07, 6.45) is 1.36. The lowest BCUT2D eigenvalue weighted by molar-refractivity contribution is -0.160. The number of amides is 1. The molecule has 1 amide bonds. The minimum atomic E-state index is -0.573. The summed E-state index contributed by atoms with van der Waals surface area (Å²) in [7, 11) is 4.75. The van der Waals surface area contributed by atoms with Gasteiger partial charge in [-0.3, -0.25) is 4.79 Å². The Kier molecular flexibility index (Phi) is 8.81. The van der Waals surface area contributed by atoms with Crippen molar-refractivity contribution in [2.24, 2.45) is 0 Å². The van der Waals surface area contributed by atoms with Crippen molar-refractivity contribution in [2.45, 2.75) is 38.1 Å². The SMILES string of the molecule is COC(CN(C)C(=O)C1=CC(c2ccccc2)CC(OCc2ccc(CO)cc2)O1)OC. The number of likely N-dealkylation sites (N-methyl/N-ethyl adjacent to an activating group) is 1. The van der Waals surface area contributed by atoms with Crippen LogP contribution >= 0.6 is 0 Å². The highest BCUT2D eigenvalue weighted by atomic mass is 16.7. The molecule has 172 valence electrons. The fraction of sp³-hybridized carbons (Fsp3) is 0.400. The number of benzene rings is 2. The van der Waals surface area contributed by atoms with E-state index in [1.54, 1.807) is 7.05 Å². The van der Waals surface area contributed by atoms with Gasteiger partial charge in [0, 0.05) is 33.6 Å². The van der Waals surface area contributed by atoms with Crippen molar-refractivity contribution in [1.29, 1.82) is 0 Å². The summed E-state index contributed by atoms with van der Waals surface area (Å²) in [6.45, 7) is 0.609. The standard InChI is InChI=1S/C25H31NO6/c1-26(15-24(29-2)30-3)25(28)22-13-21(20-7-5-4-6-8-20)14-23(32-22)31-17-19-11-9-18(16-27)10-12-19/h4-13,21,23-24,27H,14-17H2,1-3H3. The van der Waals surface area contributed by atoms with Gasteiger partial charge in [0.05, 0.1) is 19.8 Å². The summed E-state index contributed by atoms with van der Waals surface area (Å²) >= 11 is 0. The molecule has 2 aromatic rings. The highest BCUT2D eigenvalue weighted by molar-refractivity contribution is 5.91. The summed E-state index contributed by atoms with van der Waals surface area (Å²) in [5.74, 6) is -0.0236. The number of hydrogen-bond donors (Lipinski definition) is 1. The third kappa shape index (κ3) is 6.40. The van der Waals surface area contributed by atoms with E-state index in [9.17, 15) is 9.90 Å². The van der Waals surface area contributed by atoms with E-state index >= 15 is 0 Å². The number of aliphatic hydroxyl groups excluding tert-OH is 1. The predicted octanol–water partition coefficient (Wildman–Crippen LogP) is 3.19. The number of allylic oxidation sites excluding steroid dienone is 1. The number of methoxy groups -OCH3 is 2. The zero-order chi connectivity index (χ0) is 22.9. The molecule has 0 radical (unpaired) electrons. The Hall–Kier alpha value is -2.71. The number of rotatable bonds is 10. The average molecular weight is 442 g/mol. The van der Waals surface area contributed by atoms with E-state index in [4.69, 9.17) is 18.9 Å². The van der Waals surface area contributed by atoms with E-state index in [0.29, 0.717) is 13.0 Å². The molecule has 1 aliphatic rings. The van der Waals surface area contributed by atoms with Crippen molar-refractivity contribution >= 4 is 5.91 Å². The van der Waals surface area contributed by atoms with Gasteiger partial charge in [-0.25, -0.2) is 0 Å². The van der Waals surface area contributed by atoms with Crippen LogP contribution in [-0.4, -0.2) is 56.3 Å². The normalized spacial score (nSPS) is 18.2. The fourth-order valence-electron chi connectivity index (χ4n) is 3.51. The van der Waals surface area contributed by atoms with Gasteiger partial charge in [-0.05, 0) is 22.8 Å². The Morgan fingerprint density at radius 1 is 1.09 bits per heavy atom. The number of carbonyl (C=O) groups excluding carboxylic acids is 1. The second-order valence-electron chi connectivity index (χ2n) is 7.70. The molecule has 3 rings (SSSR count). The second kappa shape index (κ2) is 11.8. The molecule has 0 aromatic heterocycles. The lowest BCUT2D eigenvalue weighted by Crippen LogP contribution is -2.39. The zero-order valence-corrected chi connectivity index (χ0v) is 18.8. The monoisotopic (exact) mass is 441 g/mol. The molecule has 2 aromatic carbocycles. The Morgan fingerprint density at radius 3 is 2.38 bits per heavy atom. The van der Waals surface area contributed by atoms with Gasteiger partial charge in [0.1, 0.15) is 0 Å². The van der Waals surface area contributed by atoms with Crippen LogP contribution in [0.2, 0.25) is 0 Å². The van der Waals surface area contributed by atoms with E-state index in [2.05, 4.69) is 0 Å².